The van der Waals surface area contributed by atoms with E-state index in [0.717, 1.165) is 0 Å². The number of nitrogens with two attached hydrogens (primary N) is 1. The molecule has 0 atom stereocenters. The van der Waals surface area contributed by atoms with Gasteiger partial charge in [-0.2, -0.15) is 4.39 Å². The van der Waals surface area contributed by atoms with E-state index < -0.39 is 5.95 Å². The monoisotopic (exact) mass is 130 g/mol. The molecule has 0 fully saturated rings. The van der Waals surface area contributed by atoms with E-state index in [-0.39, 0.29) is 0 Å². The summed E-state index contributed by atoms with van der Waals surface area (Å²) in [4.78, 5) is 0. The Kier molecular flexibility index (Phi) is 2.95. The molecule has 0 spiro atoms. The second-order valence-electron chi connectivity index (χ2n) is 1.86. The largest absolute Gasteiger partial charge is 0.300 e. The van der Waals surface area contributed by atoms with E-state index >= 15 is 0 Å². The third-order valence-electron chi connectivity index (χ3n) is 1.10. The molecule has 0 saturated carbocycles. The molecule has 0 rings (SSSR count). The predicted molar refractivity (Wildman–Crippen MR) is 35.9 cm³/mol. The zero-order chi connectivity index (χ0) is 7.44. The number of nitrogens with one attached hydrogen (secondary N) is 1. The summed E-state index contributed by atoms with van der Waals surface area (Å²) in [7, 11) is 0. The van der Waals surface area contributed by atoms with Crippen LogP contribution in [-0.2, 0) is 0 Å². The molecule has 0 heterocycles. The number of hydrogen-bond acceptors (Lipinski definition) is 2. The Morgan fingerprint density at radius 3 is 2.11 bits per heavy atom. The highest BCUT2D eigenvalue weighted by atomic mass is 19.1. The van der Waals surface area contributed by atoms with Crippen LogP contribution in [0.5, 0.6) is 0 Å². The van der Waals surface area contributed by atoms with Crippen molar-refractivity contribution in [1.82, 2.24) is 5.43 Å². The number of allylic oxidation sites excluding steroid dienone is 2. The van der Waals surface area contributed by atoms with Gasteiger partial charge in [0.15, 0.2) is 0 Å². The molecule has 0 bridgehead atoms. The Bertz CT molecular complexity index is 149. The Hall–Kier alpha value is -0.830. The van der Waals surface area contributed by atoms with Gasteiger partial charge >= 0.3 is 0 Å². The van der Waals surface area contributed by atoms with Gasteiger partial charge in [-0.05, 0) is 13.8 Å². The van der Waals surface area contributed by atoms with Crippen LogP contribution < -0.4 is 11.3 Å². The predicted octanol–water partition coefficient (Wildman–Crippen LogP) is 1.23. The molecule has 3 heteroatoms. The van der Waals surface area contributed by atoms with Gasteiger partial charge in [0.2, 0.25) is 5.95 Å². The quantitative estimate of drug-likeness (QED) is 0.255. The second-order valence-corrected chi connectivity index (χ2v) is 1.86. The van der Waals surface area contributed by atoms with E-state index in [0.29, 0.717) is 11.1 Å². The molecular weight excluding hydrogens is 119 g/mol. The third-order valence-corrected chi connectivity index (χ3v) is 1.10. The normalized spacial score (nSPS) is 12.4. The van der Waals surface area contributed by atoms with Crippen LogP contribution in [0, 0.1) is 0 Å². The SMILES string of the molecule is C=C(C)/C(C)=C(/F)NN. The minimum Gasteiger partial charge on any atom is -0.300 e. The first-order valence-electron chi connectivity index (χ1n) is 2.58. The highest BCUT2D eigenvalue weighted by molar-refractivity contribution is 5.25. The zero-order valence-corrected chi connectivity index (χ0v) is 5.66. The minimum atomic E-state index is -0.525. The highest BCUT2D eigenvalue weighted by Gasteiger charge is 1.97. The standard InChI is InChI=1S/C6H11FN2/c1-4(2)5(3)6(7)9-8/h9H,1,8H2,2-3H3/b6-5-. The highest BCUT2D eigenvalue weighted by Crippen LogP contribution is 2.09. The van der Waals surface area contributed by atoms with Crippen molar-refractivity contribution in [2.45, 2.75) is 13.8 Å². The summed E-state index contributed by atoms with van der Waals surface area (Å²) < 4.78 is 12.4. The first kappa shape index (κ1) is 8.17. The Labute approximate surface area is 54.2 Å². The molecule has 0 aromatic heterocycles. The average Bonchev–Trinajstić information content (AvgIpc) is 1.84. The maximum atomic E-state index is 12.4. The van der Waals surface area contributed by atoms with Gasteiger partial charge < -0.3 is 5.43 Å². The third kappa shape index (κ3) is 2.28. The molecule has 0 aromatic rings. The fourth-order valence-electron chi connectivity index (χ4n) is 0.296. The van der Waals surface area contributed by atoms with E-state index in [1.54, 1.807) is 13.8 Å². The van der Waals surface area contributed by atoms with Crippen molar-refractivity contribution >= 4 is 0 Å². The van der Waals surface area contributed by atoms with E-state index in [9.17, 15) is 4.39 Å². The van der Waals surface area contributed by atoms with Crippen molar-refractivity contribution in [1.29, 1.82) is 0 Å². The lowest BCUT2D eigenvalue weighted by Crippen LogP contribution is -2.19. The summed E-state index contributed by atoms with van der Waals surface area (Å²) in [6, 6.07) is 0. The van der Waals surface area contributed by atoms with E-state index in [1.165, 1.54) is 0 Å². The summed E-state index contributed by atoms with van der Waals surface area (Å²) in [6.45, 7) is 6.85. The lowest BCUT2D eigenvalue weighted by atomic mass is 10.2. The lowest BCUT2D eigenvalue weighted by molar-refractivity contribution is 0.543. The topological polar surface area (TPSA) is 38.0 Å². The van der Waals surface area contributed by atoms with Gasteiger partial charge in [0.25, 0.3) is 0 Å². The molecule has 0 saturated heterocycles. The van der Waals surface area contributed by atoms with Gasteiger partial charge in [-0.1, -0.05) is 12.2 Å². The van der Waals surface area contributed by atoms with Crippen LogP contribution in [0.1, 0.15) is 13.8 Å². The van der Waals surface area contributed by atoms with Crippen molar-refractivity contribution in [2.24, 2.45) is 5.84 Å². The molecule has 3 N–H and O–H groups in total. The van der Waals surface area contributed by atoms with Crippen LogP contribution in [0.3, 0.4) is 0 Å². The van der Waals surface area contributed by atoms with Crippen LogP contribution in [0.4, 0.5) is 4.39 Å². The molecule has 0 aromatic carbocycles. The second kappa shape index (κ2) is 3.25. The molecular formula is C6H11FN2. The first-order chi connectivity index (χ1) is 4.09. The number of hydrazine groups is 1. The van der Waals surface area contributed by atoms with Gasteiger partial charge in [-0.15, -0.1) is 0 Å². The van der Waals surface area contributed by atoms with Crippen molar-refractivity contribution in [3.63, 3.8) is 0 Å². The number of rotatable bonds is 2. The molecule has 0 aliphatic heterocycles. The summed E-state index contributed by atoms with van der Waals surface area (Å²) in [5.41, 5.74) is 3.03. The molecule has 0 unspecified atom stereocenters. The fraction of sp³-hybridized carbons (Fsp3) is 0.333. The van der Waals surface area contributed by atoms with Crippen molar-refractivity contribution in [2.75, 3.05) is 0 Å². The Morgan fingerprint density at radius 1 is 1.56 bits per heavy atom. The minimum absolute atomic E-state index is 0.456. The number of hydrogen-bond donors (Lipinski definition) is 2. The average molecular weight is 130 g/mol. The maximum Gasteiger partial charge on any atom is 0.204 e. The Morgan fingerprint density at radius 2 is 2.00 bits per heavy atom. The molecule has 0 aliphatic carbocycles. The fourth-order valence-corrected chi connectivity index (χ4v) is 0.296. The van der Waals surface area contributed by atoms with Crippen molar-refractivity contribution in [3.8, 4) is 0 Å². The maximum absolute atomic E-state index is 12.4. The Balaban J connectivity index is 4.28. The van der Waals surface area contributed by atoms with Gasteiger partial charge in [0, 0.05) is 5.57 Å². The van der Waals surface area contributed by atoms with Gasteiger partial charge in [0.1, 0.15) is 0 Å². The van der Waals surface area contributed by atoms with Crippen LogP contribution in [-0.4, -0.2) is 0 Å². The molecule has 2 nitrogen and oxygen atoms in total. The molecule has 52 valence electrons. The lowest BCUT2D eigenvalue weighted by Gasteiger charge is -2.00. The first-order valence-corrected chi connectivity index (χ1v) is 2.58. The van der Waals surface area contributed by atoms with E-state index in [4.69, 9.17) is 5.84 Å². The molecule has 0 aliphatic rings. The van der Waals surface area contributed by atoms with Gasteiger partial charge in [-0.25, -0.2) is 5.84 Å². The van der Waals surface area contributed by atoms with Gasteiger partial charge in [-0.3, -0.25) is 0 Å². The van der Waals surface area contributed by atoms with Crippen molar-refractivity contribution in [3.05, 3.63) is 23.7 Å². The molecule has 0 radical (unpaired) electrons. The van der Waals surface area contributed by atoms with Crippen LogP contribution in [0.2, 0.25) is 0 Å². The van der Waals surface area contributed by atoms with E-state index in [1.807, 2.05) is 5.43 Å². The number of halogens is 1. The van der Waals surface area contributed by atoms with Crippen LogP contribution in [0.25, 0.3) is 0 Å². The molecule has 9 heavy (non-hydrogen) atoms. The summed E-state index contributed by atoms with van der Waals surface area (Å²) in [5, 5.41) is 0. The summed E-state index contributed by atoms with van der Waals surface area (Å²) in [6.07, 6.45) is 0. The van der Waals surface area contributed by atoms with Crippen LogP contribution >= 0.6 is 0 Å². The summed E-state index contributed by atoms with van der Waals surface area (Å²) >= 11 is 0. The molecule has 0 amide bonds. The van der Waals surface area contributed by atoms with Crippen molar-refractivity contribution < 1.29 is 4.39 Å². The van der Waals surface area contributed by atoms with E-state index in [2.05, 4.69) is 6.58 Å². The summed E-state index contributed by atoms with van der Waals surface area (Å²) in [5.74, 6) is 4.26. The van der Waals surface area contributed by atoms with Crippen LogP contribution in [0.15, 0.2) is 23.7 Å². The zero-order valence-electron chi connectivity index (χ0n) is 5.66. The smallest absolute Gasteiger partial charge is 0.204 e. The van der Waals surface area contributed by atoms with Gasteiger partial charge in [0.05, 0.1) is 0 Å².